The molecule has 0 aliphatic heterocycles. The molecule has 0 spiro atoms. The molecular weight excluding hydrogens is 333 g/mol. The number of nitrogens with two attached hydrogens (primary N) is 1. The van der Waals surface area contributed by atoms with E-state index in [-0.39, 0.29) is 5.75 Å². The van der Waals surface area contributed by atoms with Crippen LogP contribution in [0.15, 0.2) is 54.6 Å². The first kappa shape index (κ1) is 16.8. The van der Waals surface area contributed by atoms with Gasteiger partial charge in [-0.3, -0.25) is 5.84 Å². The second kappa shape index (κ2) is 6.86. The van der Waals surface area contributed by atoms with Gasteiger partial charge in [0.1, 0.15) is 5.75 Å². The van der Waals surface area contributed by atoms with Gasteiger partial charge in [-0.25, -0.2) is 4.98 Å². The van der Waals surface area contributed by atoms with E-state index >= 15 is 0 Å². The van der Waals surface area contributed by atoms with Crippen molar-refractivity contribution in [1.82, 2.24) is 15.4 Å². The lowest BCUT2D eigenvalue weighted by atomic mass is 10.1. The number of aromatic nitrogens is 2. The van der Waals surface area contributed by atoms with Gasteiger partial charge in [-0.1, -0.05) is 30.3 Å². The maximum absolute atomic E-state index is 12.2. The third-order valence-corrected chi connectivity index (χ3v) is 3.50. The third kappa shape index (κ3) is 4.30. The van der Waals surface area contributed by atoms with E-state index in [1.54, 1.807) is 18.2 Å². The van der Waals surface area contributed by atoms with Gasteiger partial charge in [-0.05, 0) is 36.2 Å². The van der Waals surface area contributed by atoms with Crippen molar-refractivity contribution in [3.8, 4) is 5.75 Å². The number of imidazole rings is 1. The topological polar surface area (TPSA) is 76.0 Å². The number of aromatic amines is 1. The molecule has 0 aliphatic carbocycles. The zero-order valence-corrected chi connectivity index (χ0v) is 13.0. The van der Waals surface area contributed by atoms with Gasteiger partial charge in [0.05, 0.1) is 16.7 Å². The van der Waals surface area contributed by atoms with Crippen molar-refractivity contribution in [2.24, 2.45) is 5.84 Å². The maximum Gasteiger partial charge on any atom is 0.573 e. The highest BCUT2D eigenvalue weighted by Gasteiger charge is 2.30. The molecule has 0 atom stereocenters. The minimum absolute atomic E-state index is 0.255. The van der Waals surface area contributed by atoms with Crippen molar-refractivity contribution >= 4 is 16.7 Å². The number of nitrogens with one attached hydrogen (secondary N) is 2. The predicted octanol–water partition coefficient (Wildman–Crippen LogP) is 3.51. The lowest BCUT2D eigenvalue weighted by molar-refractivity contribution is -0.274. The summed E-state index contributed by atoms with van der Waals surface area (Å²) in [6, 6.07) is 13.2. The smallest absolute Gasteiger partial charge is 0.406 e. The highest BCUT2D eigenvalue weighted by Crippen LogP contribution is 2.23. The average Bonchev–Trinajstić information content (AvgIpc) is 2.99. The lowest BCUT2D eigenvalue weighted by Gasteiger charge is -2.09. The normalized spacial score (nSPS) is 12.4. The van der Waals surface area contributed by atoms with Gasteiger partial charge in [0.25, 0.3) is 0 Å². The molecule has 4 N–H and O–H groups in total. The van der Waals surface area contributed by atoms with Crippen LogP contribution in [0.4, 0.5) is 13.2 Å². The molecule has 0 saturated carbocycles. The number of para-hydroxylation sites is 2. The summed E-state index contributed by atoms with van der Waals surface area (Å²) in [5.41, 5.74) is 5.67. The number of ether oxygens (including phenoxy) is 1. The molecule has 130 valence electrons. The first-order chi connectivity index (χ1) is 11.9. The van der Waals surface area contributed by atoms with Crippen molar-refractivity contribution in [1.29, 1.82) is 0 Å². The molecule has 3 aromatic rings. The van der Waals surface area contributed by atoms with E-state index in [0.29, 0.717) is 17.9 Å². The van der Waals surface area contributed by atoms with Gasteiger partial charge in [0.2, 0.25) is 0 Å². The summed E-state index contributed by atoms with van der Waals surface area (Å²) in [7, 11) is 0. The second-order valence-electron chi connectivity index (χ2n) is 5.26. The summed E-state index contributed by atoms with van der Waals surface area (Å²) < 4.78 is 40.3. The molecule has 0 fully saturated rings. The van der Waals surface area contributed by atoms with Gasteiger partial charge in [-0.2, -0.15) is 0 Å². The quantitative estimate of drug-likeness (QED) is 0.487. The molecule has 0 saturated heterocycles. The number of hydrogen-bond acceptors (Lipinski definition) is 4. The number of hydrogen-bond donors (Lipinski definition) is 3. The van der Waals surface area contributed by atoms with Crippen LogP contribution in [0.3, 0.4) is 0 Å². The Kier molecular flexibility index (Phi) is 4.62. The number of benzene rings is 2. The Labute approximate surface area is 141 Å². The van der Waals surface area contributed by atoms with E-state index in [9.17, 15) is 13.2 Å². The van der Waals surface area contributed by atoms with Gasteiger partial charge < -0.3 is 15.1 Å². The summed E-state index contributed by atoms with van der Waals surface area (Å²) in [6.07, 6.45) is -2.43. The first-order valence-electron chi connectivity index (χ1n) is 7.41. The molecule has 8 heteroatoms. The summed E-state index contributed by atoms with van der Waals surface area (Å²) in [6.45, 7) is 0. The molecule has 0 aliphatic rings. The highest BCUT2D eigenvalue weighted by atomic mass is 19.4. The van der Waals surface area contributed by atoms with Crippen LogP contribution in [0, 0.1) is 0 Å². The molecule has 25 heavy (non-hydrogen) atoms. The molecule has 0 amide bonds. The Balaban J connectivity index is 1.74. The SMILES string of the molecule is NN/C(=C\Cc1ccc(OC(F)(F)F)cc1)c1nc2ccccc2[nH]1. The summed E-state index contributed by atoms with van der Waals surface area (Å²) in [5.74, 6) is 5.89. The fourth-order valence-corrected chi connectivity index (χ4v) is 2.35. The molecule has 2 aromatic carbocycles. The van der Waals surface area contributed by atoms with Gasteiger partial charge in [0, 0.05) is 0 Å². The fraction of sp³-hybridized carbons (Fsp3) is 0.118. The second-order valence-corrected chi connectivity index (χ2v) is 5.26. The van der Waals surface area contributed by atoms with Crippen molar-refractivity contribution in [2.75, 3.05) is 0 Å². The summed E-state index contributed by atoms with van der Waals surface area (Å²) in [5, 5.41) is 0. The lowest BCUT2D eigenvalue weighted by Crippen LogP contribution is -2.21. The molecular formula is C17H15F3N4O. The third-order valence-electron chi connectivity index (χ3n) is 3.50. The van der Waals surface area contributed by atoms with Crippen LogP contribution in [0.25, 0.3) is 16.7 Å². The zero-order chi connectivity index (χ0) is 17.9. The Morgan fingerprint density at radius 1 is 1.16 bits per heavy atom. The maximum atomic E-state index is 12.2. The zero-order valence-electron chi connectivity index (χ0n) is 13.0. The van der Waals surface area contributed by atoms with Gasteiger partial charge >= 0.3 is 6.36 Å². The van der Waals surface area contributed by atoms with Crippen molar-refractivity contribution in [3.05, 3.63) is 66.0 Å². The highest BCUT2D eigenvalue weighted by molar-refractivity contribution is 5.78. The standard InChI is InChI=1S/C17H15F3N4O/c18-17(19,20)25-12-8-5-11(6-9-12)7-10-15(24-21)16-22-13-3-1-2-4-14(13)23-16/h1-6,8-10,24H,7,21H2,(H,22,23)/b15-10-. The Bertz CT molecular complexity index is 852. The molecule has 0 radical (unpaired) electrons. The number of nitrogens with zero attached hydrogens (tertiary/aromatic N) is 1. The predicted molar refractivity (Wildman–Crippen MR) is 88.2 cm³/mol. The van der Waals surface area contributed by atoms with E-state index in [0.717, 1.165) is 16.6 Å². The molecule has 1 heterocycles. The van der Waals surface area contributed by atoms with Crippen LogP contribution in [-0.2, 0) is 6.42 Å². The average molecular weight is 348 g/mol. The minimum Gasteiger partial charge on any atom is -0.406 e. The largest absolute Gasteiger partial charge is 0.573 e. The van der Waals surface area contributed by atoms with Crippen molar-refractivity contribution < 1.29 is 17.9 Å². The number of rotatable bonds is 5. The number of alkyl halides is 3. The van der Waals surface area contributed by atoms with E-state index < -0.39 is 6.36 Å². The molecule has 0 unspecified atom stereocenters. The van der Waals surface area contributed by atoms with Crippen LogP contribution >= 0.6 is 0 Å². The van der Waals surface area contributed by atoms with E-state index in [2.05, 4.69) is 20.1 Å². The van der Waals surface area contributed by atoms with E-state index in [1.807, 2.05) is 24.3 Å². The number of halogens is 3. The monoisotopic (exact) mass is 348 g/mol. The molecule has 0 bridgehead atoms. The van der Waals surface area contributed by atoms with Crippen LogP contribution < -0.4 is 16.0 Å². The van der Waals surface area contributed by atoms with Gasteiger partial charge in [0.15, 0.2) is 5.82 Å². The van der Waals surface area contributed by atoms with Crippen molar-refractivity contribution in [2.45, 2.75) is 12.8 Å². The van der Waals surface area contributed by atoms with Crippen LogP contribution in [-0.4, -0.2) is 16.3 Å². The Morgan fingerprint density at radius 2 is 1.88 bits per heavy atom. The van der Waals surface area contributed by atoms with E-state index in [1.165, 1.54) is 12.1 Å². The number of allylic oxidation sites excluding steroid dienone is 1. The summed E-state index contributed by atoms with van der Waals surface area (Å²) in [4.78, 5) is 7.59. The Hall–Kier alpha value is -3.00. The van der Waals surface area contributed by atoms with Crippen LogP contribution in [0.2, 0.25) is 0 Å². The van der Waals surface area contributed by atoms with Crippen LogP contribution in [0.5, 0.6) is 5.75 Å². The van der Waals surface area contributed by atoms with Crippen molar-refractivity contribution in [3.63, 3.8) is 0 Å². The van der Waals surface area contributed by atoms with Gasteiger partial charge in [-0.15, -0.1) is 13.2 Å². The number of hydrazine groups is 1. The van der Waals surface area contributed by atoms with Crippen LogP contribution in [0.1, 0.15) is 11.4 Å². The number of H-pyrrole nitrogens is 1. The first-order valence-corrected chi connectivity index (χ1v) is 7.41. The molecule has 3 rings (SSSR count). The van der Waals surface area contributed by atoms with E-state index in [4.69, 9.17) is 5.84 Å². The summed E-state index contributed by atoms with van der Waals surface area (Å²) >= 11 is 0. The molecule has 1 aromatic heterocycles. The Morgan fingerprint density at radius 3 is 2.52 bits per heavy atom. The minimum atomic E-state index is -4.70. The fourth-order valence-electron chi connectivity index (χ4n) is 2.35. The number of fused-ring (bicyclic) bond motifs is 1. The molecule has 5 nitrogen and oxygen atoms in total.